The van der Waals surface area contributed by atoms with Crippen LogP contribution in [-0.2, 0) is 13.0 Å². The summed E-state index contributed by atoms with van der Waals surface area (Å²) in [5.74, 6) is 1.64. The monoisotopic (exact) mass is 235 g/mol. The summed E-state index contributed by atoms with van der Waals surface area (Å²) < 4.78 is 10.7. The van der Waals surface area contributed by atoms with Gasteiger partial charge in [-0.05, 0) is 35.1 Å². The van der Waals surface area contributed by atoms with Crippen molar-refractivity contribution in [1.82, 2.24) is 5.32 Å². The second-order valence-corrected chi connectivity index (χ2v) is 5.42. The molecule has 0 atom stereocenters. The maximum atomic E-state index is 5.37. The molecule has 1 heterocycles. The summed E-state index contributed by atoms with van der Waals surface area (Å²) in [4.78, 5) is 0. The lowest BCUT2D eigenvalue weighted by molar-refractivity contribution is 0.346. The van der Waals surface area contributed by atoms with E-state index in [1.807, 2.05) is 0 Å². The molecule has 2 rings (SSSR count). The molecule has 1 N–H and O–H groups in total. The minimum Gasteiger partial charge on any atom is -0.493 e. The average Bonchev–Trinajstić information content (AvgIpc) is 2.43. The van der Waals surface area contributed by atoms with Crippen LogP contribution >= 0.6 is 0 Å². The Kier molecular flexibility index (Phi) is 3.29. The predicted molar refractivity (Wildman–Crippen MR) is 68.7 cm³/mol. The van der Waals surface area contributed by atoms with Gasteiger partial charge in [-0.3, -0.25) is 0 Å². The van der Waals surface area contributed by atoms with Crippen molar-refractivity contribution in [2.24, 2.45) is 5.41 Å². The van der Waals surface area contributed by atoms with Crippen LogP contribution in [0.2, 0.25) is 0 Å². The summed E-state index contributed by atoms with van der Waals surface area (Å²) >= 11 is 0. The van der Waals surface area contributed by atoms with E-state index in [0.717, 1.165) is 31.0 Å². The first kappa shape index (κ1) is 12.2. The van der Waals surface area contributed by atoms with Gasteiger partial charge in [-0.1, -0.05) is 13.8 Å². The number of hydrogen-bond donors (Lipinski definition) is 1. The summed E-state index contributed by atoms with van der Waals surface area (Å²) in [7, 11) is 3.36. The van der Waals surface area contributed by atoms with Crippen LogP contribution in [-0.4, -0.2) is 20.8 Å². The summed E-state index contributed by atoms with van der Waals surface area (Å²) in [6, 6.07) is 4.20. The minimum atomic E-state index is 0.283. The van der Waals surface area contributed by atoms with E-state index in [9.17, 15) is 0 Å². The Balaban J connectivity index is 2.43. The number of fused-ring (bicyclic) bond motifs is 1. The topological polar surface area (TPSA) is 30.5 Å². The molecule has 0 aromatic heterocycles. The van der Waals surface area contributed by atoms with Crippen LogP contribution in [0.1, 0.15) is 25.0 Å². The zero-order valence-electron chi connectivity index (χ0n) is 11.1. The van der Waals surface area contributed by atoms with Gasteiger partial charge in [-0.25, -0.2) is 0 Å². The second kappa shape index (κ2) is 4.57. The van der Waals surface area contributed by atoms with Crippen molar-refractivity contribution in [3.8, 4) is 11.5 Å². The zero-order valence-corrected chi connectivity index (χ0v) is 11.1. The molecule has 0 fully saturated rings. The molecule has 0 bridgehead atoms. The zero-order chi connectivity index (χ0) is 12.5. The molecule has 1 aliphatic heterocycles. The molecule has 17 heavy (non-hydrogen) atoms. The lowest BCUT2D eigenvalue weighted by Crippen LogP contribution is -2.27. The molecule has 0 radical (unpaired) electrons. The van der Waals surface area contributed by atoms with E-state index in [1.165, 1.54) is 11.1 Å². The molecule has 1 aliphatic rings. The molecule has 0 aliphatic carbocycles. The van der Waals surface area contributed by atoms with Crippen molar-refractivity contribution in [1.29, 1.82) is 0 Å². The Morgan fingerprint density at radius 2 is 1.65 bits per heavy atom. The fraction of sp³-hybridized carbons (Fsp3) is 0.571. The Morgan fingerprint density at radius 3 is 2.24 bits per heavy atom. The molecule has 0 amide bonds. The lowest BCUT2D eigenvalue weighted by atomic mass is 9.85. The van der Waals surface area contributed by atoms with Crippen LogP contribution in [0.15, 0.2) is 12.1 Å². The maximum Gasteiger partial charge on any atom is 0.161 e. The molecule has 3 nitrogen and oxygen atoms in total. The van der Waals surface area contributed by atoms with Crippen LogP contribution in [0.4, 0.5) is 0 Å². The summed E-state index contributed by atoms with van der Waals surface area (Å²) in [6.45, 7) is 6.50. The van der Waals surface area contributed by atoms with Crippen LogP contribution in [0.5, 0.6) is 11.5 Å². The van der Waals surface area contributed by atoms with Crippen molar-refractivity contribution in [2.75, 3.05) is 20.8 Å². The van der Waals surface area contributed by atoms with Gasteiger partial charge in [0.05, 0.1) is 14.2 Å². The van der Waals surface area contributed by atoms with Gasteiger partial charge in [0.1, 0.15) is 0 Å². The van der Waals surface area contributed by atoms with E-state index in [-0.39, 0.29) is 5.41 Å². The average molecular weight is 235 g/mol. The molecule has 0 unspecified atom stereocenters. The Bertz CT molecular complexity index is 413. The summed E-state index contributed by atoms with van der Waals surface area (Å²) in [6.07, 6.45) is 1.07. The number of ether oxygens (including phenoxy) is 2. The van der Waals surface area contributed by atoms with Crippen LogP contribution in [0.3, 0.4) is 0 Å². The highest BCUT2D eigenvalue weighted by Crippen LogP contribution is 2.34. The van der Waals surface area contributed by atoms with Gasteiger partial charge in [-0.2, -0.15) is 0 Å². The van der Waals surface area contributed by atoms with Gasteiger partial charge in [0, 0.05) is 13.1 Å². The highest BCUT2D eigenvalue weighted by atomic mass is 16.5. The Labute approximate surface area is 103 Å². The third-order valence-corrected chi connectivity index (χ3v) is 3.29. The first-order valence-electron chi connectivity index (χ1n) is 6.00. The van der Waals surface area contributed by atoms with Crippen molar-refractivity contribution in [3.05, 3.63) is 23.3 Å². The number of hydrogen-bond acceptors (Lipinski definition) is 3. The van der Waals surface area contributed by atoms with Crippen LogP contribution < -0.4 is 14.8 Å². The van der Waals surface area contributed by atoms with Gasteiger partial charge in [0.2, 0.25) is 0 Å². The molecule has 0 spiro atoms. The van der Waals surface area contributed by atoms with Crippen molar-refractivity contribution >= 4 is 0 Å². The Morgan fingerprint density at radius 1 is 1.06 bits per heavy atom. The van der Waals surface area contributed by atoms with Gasteiger partial charge >= 0.3 is 0 Å². The van der Waals surface area contributed by atoms with E-state index in [1.54, 1.807) is 14.2 Å². The van der Waals surface area contributed by atoms with Crippen LogP contribution in [0, 0.1) is 5.41 Å². The molecular formula is C14H21NO2. The fourth-order valence-electron chi connectivity index (χ4n) is 2.41. The predicted octanol–water partition coefficient (Wildman–Crippen LogP) is 2.38. The molecule has 1 aromatic rings. The molecule has 1 aromatic carbocycles. The largest absolute Gasteiger partial charge is 0.493 e. The normalized spacial score (nSPS) is 18.1. The summed E-state index contributed by atoms with van der Waals surface area (Å²) in [5, 5.41) is 3.49. The molecule has 0 saturated carbocycles. The third-order valence-electron chi connectivity index (χ3n) is 3.29. The standard InChI is InChI=1S/C14H21NO2/c1-14(2)7-10-5-12(16-3)13(17-4)6-11(10)8-15-9-14/h5-6,15H,7-9H2,1-4H3. The highest BCUT2D eigenvalue weighted by Gasteiger charge is 2.24. The van der Waals surface area contributed by atoms with Gasteiger partial charge in [0.15, 0.2) is 11.5 Å². The molecule has 3 heteroatoms. The first-order chi connectivity index (χ1) is 8.05. The highest BCUT2D eigenvalue weighted by molar-refractivity contribution is 5.48. The van der Waals surface area contributed by atoms with Crippen molar-refractivity contribution in [3.63, 3.8) is 0 Å². The minimum absolute atomic E-state index is 0.283. The smallest absolute Gasteiger partial charge is 0.161 e. The van der Waals surface area contributed by atoms with E-state index >= 15 is 0 Å². The second-order valence-electron chi connectivity index (χ2n) is 5.42. The Hall–Kier alpha value is -1.22. The first-order valence-corrected chi connectivity index (χ1v) is 6.00. The lowest BCUT2D eigenvalue weighted by Gasteiger charge is -2.22. The van der Waals surface area contributed by atoms with Gasteiger partial charge in [-0.15, -0.1) is 0 Å². The molecule has 94 valence electrons. The molecule has 0 saturated heterocycles. The van der Waals surface area contributed by atoms with Crippen molar-refractivity contribution in [2.45, 2.75) is 26.8 Å². The van der Waals surface area contributed by atoms with E-state index in [4.69, 9.17) is 9.47 Å². The number of benzene rings is 1. The SMILES string of the molecule is COc1cc2c(cc1OC)CC(C)(C)CNC2. The summed E-state index contributed by atoms with van der Waals surface area (Å²) in [5.41, 5.74) is 2.95. The van der Waals surface area contributed by atoms with Gasteiger partial charge < -0.3 is 14.8 Å². The van der Waals surface area contributed by atoms with Crippen molar-refractivity contribution < 1.29 is 9.47 Å². The maximum absolute atomic E-state index is 5.37. The molecular weight excluding hydrogens is 214 g/mol. The van der Waals surface area contributed by atoms with E-state index < -0.39 is 0 Å². The van der Waals surface area contributed by atoms with Crippen LogP contribution in [0.25, 0.3) is 0 Å². The van der Waals surface area contributed by atoms with E-state index in [0.29, 0.717) is 0 Å². The van der Waals surface area contributed by atoms with Gasteiger partial charge in [0.25, 0.3) is 0 Å². The third kappa shape index (κ3) is 2.55. The number of nitrogens with one attached hydrogen (secondary N) is 1. The quantitative estimate of drug-likeness (QED) is 0.853. The van der Waals surface area contributed by atoms with E-state index in [2.05, 4.69) is 31.3 Å². The fourth-order valence-corrected chi connectivity index (χ4v) is 2.41. The number of rotatable bonds is 2. The number of methoxy groups -OCH3 is 2.